The molecule has 2 amide bonds. The molecule has 1 aliphatic carbocycles. The number of amides is 2. The van der Waals surface area contributed by atoms with Crippen LogP contribution in [0.4, 0.5) is 10.5 Å². The summed E-state index contributed by atoms with van der Waals surface area (Å²) >= 11 is 0. The Balaban J connectivity index is 1.65. The molecule has 2 N–H and O–H groups in total. The van der Waals surface area contributed by atoms with Crippen LogP contribution in [0.15, 0.2) is 42.5 Å². The largest absolute Gasteiger partial charge is 0.508 e. The van der Waals surface area contributed by atoms with Crippen LogP contribution in [0.1, 0.15) is 30.0 Å². The molecule has 2 aliphatic rings. The highest BCUT2D eigenvalue weighted by atomic mass is 16.3. The maximum atomic E-state index is 13.1. The van der Waals surface area contributed by atoms with Crippen molar-refractivity contribution in [3.05, 3.63) is 59.2 Å². The minimum atomic E-state index is -0.236. The molecule has 0 spiro atoms. The van der Waals surface area contributed by atoms with Gasteiger partial charge in [0.1, 0.15) is 5.75 Å². The number of nitriles is 1. The molecule has 1 fully saturated rings. The summed E-state index contributed by atoms with van der Waals surface area (Å²) in [6, 6.07) is 14.6. The van der Waals surface area contributed by atoms with E-state index in [1.165, 1.54) is 5.56 Å². The van der Waals surface area contributed by atoms with Crippen LogP contribution in [0.5, 0.6) is 5.75 Å². The van der Waals surface area contributed by atoms with E-state index in [-0.39, 0.29) is 29.3 Å². The molecule has 3 atom stereocenters. The first-order chi connectivity index (χ1) is 13.8. The van der Waals surface area contributed by atoms with Crippen molar-refractivity contribution in [2.24, 2.45) is 0 Å². The number of carbonyl (C=O) groups excluding carboxylic acids is 1. The first-order valence-electron chi connectivity index (χ1n) is 9.90. The average Bonchev–Trinajstić information content (AvgIpc) is 2.71. The van der Waals surface area contributed by atoms with Crippen molar-refractivity contribution in [1.82, 2.24) is 9.80 Å². The third-order valence-electron chi connectivity index (χ3n) is 6.71. The van der Waals surface area contributed by atoms with Crippen molar-refractivity contribution >= 4 is 11.7 Å². The Morgan fingerprint density at radius 2 is 2.03 bits per heavy atom. The molecule has 0 aromatic heterocycles. The first-order valence-corrected chi connectivity index (χ1v) is 9.90. The van der Waals surface area contributed by atoms with Crippen molar-refractivity contribution in [3.63, 3.8) is 0 Å². The maximum Gasteiger partial charge on any atom is 0.321 e. The normalized spacial score (nSPS) is 25.6. The molecule has 0 unspecified atom stereocenters. The number of piperidine rings is 1. The van der Waals surface area contributed by atoms with E-state index in [9.17, 15) is 9.90 Å². The van der Waals surface area contributed by atoms with Gasteiger partial charge < -0.3 is 20.2 Å². The SMILES string of the molecule is CN1CC[C@]2(C)c3cc(O)ccc3C[C@@H]1[C@H]2N(C)C(=O)Nc1ccc(C#N)cc1. The Morgan fingerprint density at radius 3 is 2.72 bits per heavy atom. The van der Waals surface area contributed by atoms with Crippen LogP contribution in [-0.2, 0) is 11.8 Å². The third kappa shape index (κ3) is 3.22. The van der Waals surface area contributed by atoms with Crippen LogP contribution in [0, 0.1) is 11.3 Å². The van der Waals surface area contributed by atoms with Gasteiger partial charge in [0.25, 0.3) is 0 Å². The van der Waals surface area contributed by atoms with Crippen LogP contribution in [0.3, 0.4) is 0 Å². The number of nitrogens with one attached hydrogen (secondary N) is 1. The van der Waals surface area contributed by atoms with Gasteiger partial charge in [0.15, 0.2) is 0 Å². The smallest absolute Gasteiger partial charge is 0.321 e. The number of anilines is 1. The fraction of sp³-hybridized carbons (Fsp3) is 0.391. The van der Waals surface area contributed by atoms with Crippen molar-refractivity contribution in [2.75, 3.05) is 26.0 Å². The zero-order valence-electron chi connectivity index (χ0n) is 17.0. The second kappa shape index (κ2) is 7.09. The summed E-state index contributed by atoms with van der Waals surface area (Å²) in [5.41, 5.74) is 3.38. The standard InChI is InChI=1S/C23H26N4O2/c1-23-10-11-26(2)20(12-16-6-9-18(28)13-19(16)23)21(23)27(3)22(29)25-17-7-4-15(14-24)5-8-17/h4-9,13,20-21,28H,10-12H2,1-3H3,(H,25,29)/t20-,21-,23-/m1/s1. The van der Waals surface area contributed by atoms with E-state index in [2.05, 4.69) is 30.3 Å². The zero-order chi connectivity index (χ0) is 20.8. The van der Waals surface area contributed by atoms with Crippen LogP contribution >= 0.6 is 0 Å². The van der Waals surface area contributed by atoms with Gasteiger partial charge in [-0.1, -0.05) is 13.0 Å². The lowest BCUT2D eigenvalue weighted by atomic mass is 9.61. The van der Waals surface area contributed by atoms with Gasteiger partial charge >= 0.3 is 6.03 Å². The average molecular weight is 390 g/mol. The predicted molar refractivity (Wildman–Crippen MR) is 112 cm³/mol. The number of benzene rings is 2. The van der Waals surface area contributed by atoms with E-state index >= 15 is 0 Å². The Morgan fingerprint density at radius 1 is 1.31 bits per heavy atom. The summed E-state index contributed by atoms with van der Waals surface area (Å²) in [5, 5.41) is 22.0. The van der Waals surface area contributed by atoms with Gasteiger partial charge in [-0.3, -0.25) is 0 Å². The minimum Gasteiger partial charge on any atom is -0.508 e. The number of likely N-dealkylation sites (tertiary alicyclic amines) is 1. The molecular weight excluding hydrogens is 364 g/mol. The van der Waals surface area contributed by atoms with Gasteiger partial charge in [-0.15, -0.1) is 0 Å². The molecular formula is C23H26N4O2. The predicted octanol–water partition coefficient (Wildman–Crippen LogP) is 3.31. The number of hydrogen-bond acceptors (Lipinski definition) is 4. The van der Waals surface area contributed by atoms with E-state index in [1.54, 1.807) is 30.3 Å². The van der Waals surface area contributed by atoms with E-state index in [4.69, 9.17) is 5.26 Å². The summed E-state index contributed by atoms with van der Waals surface area (Å²) in [6.07, 6.45) is 1.76. The van der Waals surface area contributed by atoms with E-state index in [0.29, 0.717) is 11.3 Å². The van der Waals surface area contributed by atoms with Gasteiger partial charge in [-0.2, -0.15) is 5.26 Å². The van der Waals surface area contributed by atoms with Gasteiger partial charge in [0.2, 0.25) is 0 Å². The second-order valence-electron chi connectivity index (χ2n) is 8.44. The number of rotatable bonds is 2. The topological polar surface area (TPSA) is 79.6 Å². The lowest BCUT2D eigenvalue weighted by molar-refractivity contribution is 0.0213. The van der Waals surface area contributed by atoms with E-state index in [0.717, 1.165) is 24.9 Å². The summed E-state index contributed by atoms with van der Waals surface area (Å²) in [5.74, 6) is 0.269. The summed E-state index contributed by atoms with van der Waals surface area (Å²) < 4.78 is 0. The highest BCUT2D eigenvalue weighted by molar-refractivity contribution is 5.89. The Labute approximate surface area is 171 Å². The molecule has 150 valence electrons. The van der Waals surface area contributed by atoms with Crippen LogP contribution in [0.2, 0.25) is 0 Å². The van der Waals surface area contributed by atoms with E-state index < -0.39 is 0 Å². The molecule has 2 bridgehead atoms. The van der Waals surface area contributed by atoms with Crippen molar-refractivity contribution in [2.45, 2.75) is 37.3 Å². The summed E-state index contributed by atoms with van der Waals surface area (Å²) in [4.78, 5) is 17.3. The molecule has 6 heteroatoms. The lowest BCUT2D eigenvalue weighted by Crippen LogP contribution is -2.67. The second-order valence-corrected chi connectivity index (χ2v) is 8.44. The van der Waals surface area contributed by atoms with Crippen molar-refractivity contribution in [1.29, 1.82) is 5.26 Å². The number of nitrogens with zero attached hydrogens (tertiary/aromatic N) is 3. The van der Waals surface area contributed by atoms with E-state index in [1.807, 2.05) is 24.1 Å². The number of likely N-dealkylation sites (N-methyl/N-ethyl adjacent to an activating group) is 2. The summed E-state index contributed by atoms with van der Waals surface area (Å²) in [7, 11) is 3.97. The summed E-state index contributed by atoms with van der Waals surface area (Å²) in [6.45, 7) is 3.17. The van der Waals surface area contributed by atoms with Gasteiger partial charge in [-0.05, 0) is 74.0 Å². The van der Waals surface area contributed by atoms with Crippen molar-refractivity contribution in [3.8, 4) is 11.8 Å². The maximum absolute atomic E-state index is 13.1. The number of urea groups is 1. The fourth-order valence-corrected chi connectivity index (χ4v) is 5.10. The highest BCUT2D eigenvalue weighted by Gasteiger charge is 2.52. The monoisotopic (exact) mass is 390 g/mol. The van der Waals surface area contributed by atoms with Crippen LogP contribution < -0.4 is 5.32 Å². The Hall–Kier alpha value is -3.04. The number of aromatic hydroxyl groups is 1. The van der Waals surface area contributed by atoms with Gasteiger partial charge in [-0.25, -0.2) is 4.79 Å². The van der Waals surface area contributed by atoms with Crippen LogP contribution in [-0.4, -0.2) is 53.7 Å². The molecule has 2 aromatic rings. The molecule has 0 radical (unpaired) electrons. The van der Waals surface area contributed by atoms with Crippen molar-refractivity contribution < 1.29 is 9.90 Å². The number of phenols is 1. The quantitative estimate of drug-likeness (QED) is 0.824. The minimum absolute atomic E-state index is 0.0195. The molecule has 2 aromatic carbocycles. The third-order valence-corrected chi connectivity index (χ3v) is 6.71. The highest BCUT2D eigenvalue weighted by Crippen LogP contribution is 2.47. The molecule has 4 rings (SSSR count). The first kappa shape index (κ1) is 19.3. The Bertz CT molecular complexity index is 981. The number of hydrogen-bond donors (Lipinski definition) is 2. The zero-order valence-corrected chi connectivity index (χ0v) is 17.0. The molecule has 6 nitrogen and oxygen atoms in total. The lowest BCUT2D eigenvalue weighted by Gasteiger charge is -2.57. The fourth-order valence-electron chi connectivity index (χ4n) is 5.10. The molecule has 1 aliphatic heterocycles. The van der Waals surface area contributed by atoms with Gasteiger partial charge in [0, 0.05) is 24.2 Å². The molecule has 1 saturated heterocycles. The number of phenolic OH excluding ortho intramolecular Hbond substituents is 1. The molecule has 29 heavy (non-hydrogen) atoms. The molecule has 1 heterocycles. The Kier molecular flexibility index (Phi) is 4.71. The number of carbonyl (C=O) groups is 1. The van der Waals surface area contributed by atoms with Gasteiger partial charge in [0.05, 0.1) is 17.7 Å². The molecule has 0 saturated carbocycles. The van der Waals surface area contributed by atoms with Crippen LogP contribution in [0.25, 0.3) is 0 Å². The number of fused-ring (bicyclic) bond motifs is 4.